The monoisotopic (exact) mass is 150 g/mol. The average molecular weight is 151 g/mol. The Morgan fingerprint density at radius 3 is 1.29 bits per heavy atom. The second kappa shape index (κ2) is 10.4. The average Bonchev–Trinajstić information content (AvgIpc) is 1.61. The van der Waals surface area contributed by atoms with E-state index >= 15 is 0 Å². The molecule has 0 aliphatic heterocycles. The molecule has 0 saturated carbocycles. The van der Waals surface area contributed by atoms with Crippen LogP contribution in [0.15, 0.2) is 0 Å². The number of halogens is 2. The zero-order chi connectivity index (χ0) is 4.83. The molecule has 0 aromatic carbocycles. The third-order valence-electron chi connectivity index (χ3n) is 0.517. The van der Waals surface area contributed by atoms with Gasteiger partial charge in [0.15, 0.2) is 0 Å². The Hall–Kier alpha value is 1.35. The molecule has 0 atom stereocenters. The van der Waals surface area contributed by atoms with Gasteiger partial charge in [0.05, 0.1) is 0 Å². The van der Waals surface area contributed by atoms with E-state index in [1.807, 2.05) is 0 Å². The van der Waals surface area contributed by atoms with Crippen LogP contribution in [0.2, 0.25) is 0 Å². The molecular weight excluding hydrogens is 143 g/mol. The summed E-state index contributed by atoms with van der Waals surface area (Å²) in [7, 11) is 0. The zero-order valence-electron chi connectivity index (χ0n) is 4.29. The van der Waals surface area contributed by atoms with Crippen LogP contribution in [0.25, 0.3) is 0 Å². The number of hydrogen-bond acceptors (Lipinski definition) is 0. The molecule has 0 rings (SSSR count). The van der Waals surface area contributed by atoms with E-state index in [0.717, 1.165) is 24.6 Å². The van der Waals surface area contributed by atoms with Crippen LogP contribution in [0, 0.1) is 0 Å². The molecule has 0 spiro atoms. The van der Waals surface area contributed by atoms with Gasteiger partial charge in [-0.2, -0.15) is 0 Å². The van der Waals surface area contributed by atoms with Crippen LogP contribution in [0.3, 0.4) is 0 Å². The Bertz CT molecular complexity index is 21.7. The van der Waals surface area contributed by atoms with Crippen molar-refractivity contribution in [2.75, 3.05) is 11.8 Å². The summed E-state index contributed by atoms with van der Waals surface area (Å²) in [5.41, 5.74) is 0. The Labute approximate surface area is 70.7 Å². The van der Waals surface area contributed by atoms with Gasteiger partial charge in [-0.3, -0.25) is 0 Å². The molecule has 0 bridgehead atoms. The highest BCUT2D eigenvalue weighted by atomic mass is 35.5. The minimum atomic E-state index is 0. The van der Waals surface area contributed by atoms with Crippen molar-refractivity contribution in [3.05, 3.63) is 0 Å². The third-order valence-corrected chi connectivity index (χ3v) is 1.05. The molecule has 0 aromatic rings. The lowest BCUT2D eigenvalue weighted by atomic mass is 10.4. The molecule has 3 heteroatoms. The van der Waals surface area contributed by atoms with Crippen molar-refractivity contribution >= 4 is 46.3 Å². The first-order valence-electron chi connectivity index (χ1n) is 2.03. The summed E-state index contributed by atoms with van der Waals surface area (Å²) in [6, 6.07) is 0. The van der Waals surface area contributed by atoms with Crippen LogP contribution in [-0.4, -0.2) is 34.8 Å². The van der Waals surface area contributed by atoms with Crippen LogP contribution in [0.5, 0.6) is 0 Å². The van der Waals surface area contributed by atoms with E-state index in [1.165, 1.54) is 0 Å². The van der Waals surface area contributed by atoms with Crippen molar-refractivity contribution < 1.29 is 0 Å². The summed E-state index contributed by atoms with van der Waals surface area (Å²) < 4.78 is 0. The fourth-order valence-electron chi connectivity index (χ4n) is 0.189. The Balaban J connectivity index is 0. The minimum Gasteiger partial charge on any atom is -0.127 e. The first kappa shape index (κ1) is 11.2. The topological polar surface area (TPSA) is 0 Å². The van der Waals surface area contributed by atoms with Gasteiger partial charge in [-0.05, 0) is 12.8 Å². The van der Waals surface area contributed by atoms with E-state index in [2.05, 4.69) is 0 Å². The van der Waals surface area contributed by atoms with Crippen molar-refractivity contribution in [3.63, 3.8) is 0 Å². The molecule has 0 heterocycles. The van der Waals surface area contributed by atoms with Crippen molar-refractivity contribution in [1.29, 1.82) is 0 Å². The molecule has 0 N–H and O–H groups in total. The molecule has 0 aliphatic rings. The van der Waals surface area contributed by atoms with E-state index in [9.17, 15) is 0 Å². The number of alkyl halides is 2. The lowest BCUT2D eigenvalue weighted by Gasteiger charge is -1.83. The highest BCUT2D eigenvalue weighted by Gasteiger charge is 1.78. The lowest BCUT2D eigenvalue weighted by molar-refractivity contribution is 0.899. The van der Waals surface area contributed by atoms with Gasteiger partial charge in [0.1, 0.15) is 0 Å². The fraction of sp³-hybridized carbons (Fsp3) is 1.00. The standard InChI is InChI=1S/C4H8Cl2.Mg/c5-3-1-2-4-6;/h1-4H2;. The number of rotatable bonds is 3. The molecule has 0 aromatic heterocycles. The second-order valence-electron chi connectivity index (χ2n) is 1.09. The van der Waals surface area contributed by atoms with Crippen LogP contribution in [-0.2, 0) is 0 Å². The lowest BCUT2D eigenvalue weighted by Crippen LogP contribution is -1.74. The van der Waals surface area contributed by atoms with Crippen molar-refractivity contribution in [2.24, 2.45) is 0 Å². The predicted molar refractivity (Wildman–Crippen MR) is 36.4 cm³/mol. The highest BCUT2D eigenvalue weighted by Crippen LogP contribution is 1.92. The van der Waals surface area contributed by atoms with E-state index in [-0.39, 0.29) is 23.1 Å². The van der Waals surface area contributed by atoms with Gasteiger partial charge in [0.2, 0.25) is 0 Å². The summed E-state index contributed by atoms with van der Waals surface area (Å²) in [5, 5.41) is 0. The van der Waals surface area contributed by atoms with E-state index in [0.29, 0.717) is 0 Å². The molecule has 0 unspecified atom stereocenters. The van der Waals surface area contributed by atoms with Gasteiger partial charge in [0.25, 0.3) is 0 Å². The predicted octanol–water partition coefficient (Wildman–Crippen LogP) is 1.86. The van der Waals surface area contributed by atoms with Crippen LogP contribution in [0.4, 0.5) is 0 Å². The maximum atomic E-state index is 5.32. The fourth-order valence-corrected chi connectivity index (χ4v) is 0.567. The molecule has 0 fully saturated rings. The van der Waals surface area contributed by atoms with Crippen LogP contribution in [0.1, 0.15) is 12.8 Å². The van der Waals surface area contributed by atoms with Crippen molar-refractivity contribution in [1.82, 2.24) is 0 Å². The summed E-state index contributed by atoms with van der Waals surface area (Å²) in [5.74, 6) is 1.49. The highest BCUT2D eigenvalue weighted by molar-refractivity contribution is 6.18. The summed E-state index contributed by atoms with van der Waals surface area (Å²) in [6.45, 7) is 0. The maximum absolute atomic E-state index is 5.32. The summed E-state index contributed by atoms with van der Waals surface area (Å²) in [4.78, 5) is 0. The quantitative estimate of drug-likeness (QED) is 0.328. The Morgan fingerprint density at radius 1 is 0.857 bits per heavy atom. The van der Waals surface area contributed by atoms with E-state index < -0.39 is 0 Å². The van der Waals surface area contributed by atoms with Gasteiger partial charge >= 0.3 is 0 Å². The first-order chi connectivity index (χ1) is 2.91. The molecule has 0 nitrogen and oxygen atoms in total. The maximum Gasteiger partial charge on any atom is 0.0223 e. The SMILES string of the molecule is ClCCCCCl.[Mg]. The minimum absolute atomic E-state index is 0. The number of unbranched alkanes of at least 4 members (excludes halogenated alkanes) is 1. The number of hydrogen-bond donors (Lipinski definition) is 0. The molecule has 2 radical (unpaired) electrons. The van der Waals surface area contributed by atoms with E-state index in [1.54, 1.807) is 0 Å². The van der Waals surface area contributed by atoms with E-state index in [4.69, 9.17) is 23.2 Å². The van der Waals surface area contributed by atoms with Crippen molar-refractivity contribution in [3.8, 4) is 0 Å². The molecule has 40 valence electrons. The Kier molecular flexibility index (Phi) is 16.5. The molecule has 7 heavy (non-hydrogen) atoms. The van der Waals surface area contributed by atoms with Crippen LogP contribution < -0.4 is 0 Å². The zero-order valence-corrected chi connectivity index (χ0v) is 7.22. The first-order valence-corrected chi connectivity index (χ1v) is 3.10. The Morgan fingerprint density at radius 2 is 1.14 bits per heavy atom. The molecule has 0 aliphatic carbocycles. The molecule has 0 amide bonds. The van der Waals surface area contributed by atoms with Gasteiger partial charge in [-0.25, -0.2) is 0 Å². The largest absolute Gasteiger partial charge is 0.127 e. The third kappa shape index (κ3) is 11.1. The van der Waals surface area contributed by atoms with Crippen molar-refractivity contribution in [2.45, 2.75) is 12.8 Å². The van der Waals surface area contributed by atoms with Gasteiger partial charge in [0, 0.05) is 34.8 Å². The molecular formula is C4H8Cl2Mg. The summed E-state index contributed by atoms with van der Waals surface area (Å²) in [6.07, 6.45) is 2.09. The second-order valence-corrected chi connectivity index (χ2v) is 1.84. The smallest absolute Gasteiger partial charge is 0.0223 e. The van der Waals surface area contributed by atoms with Gasteiger partial charge in [-0.15, -0.1) is 23.2 Å². The van der Waals surface area contributed by atoms with Gasteiger partial charge < -0.3 is 0 Å². The van der Waals surface area contributed by atoms with Gasteiger partial charge in [-0.1, -0.05) is 0 Å². The molecule has 0 saturated heterocycles. The van der Waals surface area contributed by atoms with Crippen LogP contribution >= 0.6 is 23.2 Å². The summed E-state index contributed by atoms with van der Waals surface area (Å²) >= 11 is 10.6. The normalized spacial score (nSPS) is 7.71.